The Bertz CT molecular complexity index is 527. The van der Waals surface area contributed by atoms with Crippen molar-refractivity contribution in [2.75, 3.05) is 24.5 Å². The second-order valence-corrected chi connectivity index (χ2v) is 6.01. The molecule has 2 rings (SSSR count). The molecule has 1 aromatic rings. The van der Waals surface area contributed by atoms with Gasteiger partial charge in [-0.25, -0.2) is 0 Å². The molecule has 1 heterocycles. The molecule has 1 aliphatic rings. The molecule has 7 heteroatoms. The fourth-order valence-corrected chi connectivity index (χ4v) is 2.81. The second kappa shape index (κ2) is 9.12. The van der Waals surface area contributed by atoms with E-state index in [1.165, 1.54) is 0 Å². The van der Waals surface area contributed by atoms with Crippen LogP contribution >= 0.6 is 28.3 Å². The van der Waals surface area contributed by atoms with Crippen molar-refractivity contribution >= 4 is 45.8 Å². The average Bonchev–Trinajstić information content (AvgIpc) is 2.85. The first-order valence-corrected chi connectivity index (χ1v) is 7.97. The van der Waals surface area contributed by atoms with E-state index < -0.39 is 5.92 Å². The Morgan fingerprint density at radius 3 is 2.86 bits per heavy atom. The summed E-state index contributed by atoms with van der Waals surface area (Å²) < 4.78 is 0.919. The van der Waals surface area contributed by atoms with Crippen molar-refractivity contribution in [1.29, 1.82) is 0 Å². The van der Waals surface area contributed by atoms with Crippen molar-refractivity contribution in [3.8, 4) is 0 Å². The summed E-state index contributed by atoms with van der Waals surface area (Å²) >= 11 is 3.39. The summed E-state index contributed by atoms with van der Waals surface area (Å²) in [5, 5.41) is 2.82. The van der Waals surface area contributed by atoms with E-state index in [4.69, 9.17) is 5.73 Å². The van der Waals surface area contributed by atoms with Crippen LogP contribution in [0.2, 0.25) is 0 Å². The maximum Gasteiger partial charge on any atom is 0.239 e. The van der Waals surface area contributed by atoms with Gasteiger partial charge in [0.1, 0.15) is 5.92 Å². The minimum atomic E-state index is -0.568. The Labute approximate surface area is 145 Å². The molecule has 2 amide bonds. The van der Waals surface area contributed by atoms with Crippen LogP contribution in [0.1, 0.15) is 19.3 Å². The summed E-state index contributed by atoms with van der Waals surface area (Å²) in [5.41, 5.74) is 6.23. The second-order valence-electron chi connectivity index (χ2n) is 5.10. The number of nitrogens with two attached hydrogens (primary N) is 1. The molecule has 1 atom stereocenters. The molecule has 0 radical (unpaired) electrons. The van der Waals surface area contributed by atoms with E-state index in [1.54, 1.807) is 4.90 Å². The zero-order valence-corrected chi connectivity index (χ0v) is 14.7. The van der Waals surface area contributed by atoms with E-state index in [2.05, 4.69) is 21.2 Å². The summed E-state index contributed by atoms with van der Waals surface area (Å²) in [6.45, 7) is 1.78. The van der Waals surface area contributed by atoms with Crippen LogP contribution in [0, 0.1) is 5.92 Å². The first kappa shape index (κ1) is 18.9. The maximum atomic E-state index is 12.4. The van der Waals surface area contributed by atoms with Gasteiger partial charge in [0.05, 0.1) is 0 Å². The highest BCUT2D eigenvalue weighted by atomic mass is 79.9. The number of rotatable bonds is 6. The Morgan fingerprint density at radius 1 is 1.41 bits per heavy atom. The van der Waals surface area contributed by atoms with Crippen LogP contribution in [0.25, 0.3) is 0 Å². The van der Waals surface area contributed by atoms with E-state index in [1.807, 2.05) is 24.3 Å². The molecule has 1 aromatic carbocycles. The largest absolute Gasteiger partial charge is 0.355 e. The first-order valence-electron chi connectivity index (χ1n) is 7.18. The fourth-order valence-electron chi connectivity index (χ4n) is 2.43. The summed E-state index contributed by atoms with van der Waals surface area (Å²) in [6.07, 6.45) is 2.29. The zero-order chi connectivity index (χ0) is 15.2. The smallest absolute Gasteiger partial charge is 0.239 e. The number of nitrogens with zero attached hydrogens (tertiary/aromatic N) is 1. The topological polar surface area (TPSA) is 75.4 Å². The number of nitrogens with one attached hydrogen (secondary N) is 1. The number of unbranched alkanes of at least 4 members (excludes halogenated alkanes) is 1. The number of hydrogen-bond acceptors (Lipinski definition) is 3. The predicted molar refractivity (Wildman–Crippen MR) is 93.1 cm³/mol. The van der Waals surface area contributed by atoms with Crippen LogP contribution in [-0.4, -0.2) is 31.4 Å². The normalized spacial score (nSPS) is 17.3. The van der Waals surface area contributed by atoms with Crippen LogP contribution < -0.4 is 16.0 Å². The van der Waals surface area contributed by atoms with Gasteiger partial charge in [0.25, 0.3) is 0 Å². The van der Waals surface area contributed by atoms with Gasteiger partial charge in [-0.2, -0.15) is 0 Å². The molecular formula is C15H21BrClN3O2. The minimum Gasteiger partial charge on any atom is -0.355 e. The lowest BCUT2D eigenvalue weighted by Crippen LogP contribution is -2.37. The number of amides is 2. The molecule has 0 aliphatic carbocycles. The van der Waals surface area contributed by atoms with Gasteiger partial charge in [-0.3, -0.25) is 9.59 Å². The van der Waals surface area contributed by atoms with Crippen LogP contribution in [-0.2, 0) is 9.59 Å². The molecule has 0 aromatic heterocycles. The van der Waals surface area contributed by atoms with Gasteiger partial charge >= 0.3 is 0 Å². The lowest BCUT2D eigenvalue weighted by molar-refractivity contribution is -0.132. The third-order valence-electron chi connectivity index (χ3n) is 3.57. The van der Waals surface area contributed by atoms with Gasteiger partial charge in [0.2, 0.25) is 11.8 Å². The Balaban J connectivity index is 0.00000242. The molecule has 3 N–H and O–H groups in total. The number of carbonyl (C=O) groups is 2. The van der Waals surface area contributed by atoms with Gasteiger partial charge in [-0.1, -0.05) is 22.0 Å². The van der Waals surface area contributed by atoms with E-state index in [0.29, 0.717) is 26.1 Å². The number of halogens is 2. The number of hydrogen-bond donors (Lipinski definition) is 2. The Kier molecular flexibility index (Phi) is 7.85. The van der Waals surface area contributed by atoms with Crippen molar-refractivity contribution in [2.24, 2.45) is 11.7 Å². The van der Waals surface area contributed by atoms with Crippen LogP contribution in [0.3, 0.4) is 0 Å². The highest BCUT2D eigenvalue weighted by molar-refractivity contribution is 9.10. The molecule has 0 bridgehead atoms. The van der Waals surface area contributed by atoms with Crippen molar-refractivity contribution in [1.82, 2.24) is 5.32 Å². The lowest BCUT2D eigenvalue weighted by atomic mass is 10.1. The third kappa shape index (κ3) is 4.69. The van der Waals surface area contributed by atoms with Crippen molar-refractivity contribution < 1.29 is 9.59 Å². The highest BCUT2D eigenvalue weighted by Gasteiger charge is 2.37. The number of anilines is 1. The van der Waals surface area contributed by atoms with Crippen LogP contribution in [0.15, 0.2) is 28.7 Å². The lowest BCUT2D eigenvalue weighted by Gasteiger charge is -2.17. The molecule has 0 saturated carbocycles. The van der Waals surface area contributed by atoms with Crippen LogP contribution in [0.5, 0.6) is 0 Å². The van der Waals surface area contributed by atoms with Crippen molar-refractivity contribution in [2.45, 2.75) is 19.3 Å². The first-order chi connectivity index (χ1) is 10.1. The Morgan fingerprint density at radius 2 is 2.18 bits per heavy atom. The number of benzene rings is 1. The molecule has 122 valence electrons. The fraction of sp³-hybridized carbons (Fsp3) is 0.467. The maximum absolute atomic E-state index is 12.4. The minimum absolute atomic E-state index is 0. The molecule has 5 nitrogen and oxygen atoms in total. The molecule has 1 saturated heterocycles. The van der Waals surface area contributed by atoms with Gasteiger partial charge in [0.15, 0.2) is 0 Å². The highest BCUT2D eigenvalue weighted by Crippen LogP contribution is 2.27. The monoisotopic (exact) mass is 389 g/mol. The summed E-state index contributed by atoms with van der Waals surface area (Å²) in [4.78, 5) is 26.1. The quantitative estimate of drug-likeness (QED) is 0.577. The van der Waals surface area contributed by atoms with Gasteiger partial charge in [-0.15, -0.1) is 12.4 Å². The van der Waals surface area contributed by atoms with E-state index in [9.17, 15) is 9.59 Å². The summed E-state index contributed by atoms with van der Waals surface area (Å²) in [5.74, 6) is -0.860. The molecular weight excluding hydrogens is 370 g/mol. The van der Waals surface area contributed by atoms with E-state index >= 15 is 0 Å². The molecule has 1 fully saturated rings. The standard InChI is InChI=1S/C15H20BrN3O2.ClH/c16-11-4-3-5-12(10-11)19-9-6-13(15(19)21)14(20)18-8-2-1-7-17;/h3-5,10,13H,1-2,6-9,17H2,(H,18,20);1H. The SMILES string of the molecule is Cl.NCCCCNC(=O)C1CCN(c2cccc(Br)c2)C1=O. The Hall–Kier alpha value is -1.11. The van der Waals surface area contributed by atoms with E-state index in [0.717, 1.165) is 23.0 Å². The zero-order valence-electron chi connectivity index (χ0n) is 12.3. The van der Waals surface area contributed by atoms with Crippen molar-refractivity contribution in [3.63, 3.8) is 0 Å². The predicted octanol–water partition coefficient (Wildman–Crippen LogP) is 2.08. The summed E-state index contributed by atoms with van der Waals surface area (Å²) in [6, 6.07) is 7.56. The molecule has 1 aliphatic heterocycles. The van der Waals surface area contributed by atoms with E-state index in [-0.39, 0.29) is 24.2 Å². The molecule has 1 unspecified atom stereocenters. The van der Waals surface area contributed by atoms with Crippen LogP contribution in [0.4, 0.5) is 5.69 Å². The molecule has 0 spiro atoms. The van der Waals surface area contributed by atoms with Gasteiger partial charge < -0.3 is 16.0 Å². The number of carbonyl (C=O) groups excluding carboxylic acids is 2. The van der Waals surface area contributed by atoms with Gasteiger partial charge in [-0.05, 0) is 44.0 Å². The van der Waals surface area contributed by atoms with Gasteiger partial charge in [0, 0.05) is 23.2 Å². The third-order valence-corrected chi connectivity index (χ3v) is 4.07. The molecule has 22 heavy (non-hydrogen) atoms. The average molecular weight is 391 g/mol. The van der Waals surface area contributed by atoms with Crippen molar-refractivity contribution in [3.05, 3.63) is 28.7 Å². The summed E-state index contributed by atoms with van der Waals surface area (Å²) in [7, 11) is 0.